The summed E-state index contributed by atoms with van der Waals surface area (Å²) < 4.78 is 47.8. The Hall–Kier alpha value is -4.22. The highest BCUT2D eigenvalue weighted by atomic mass is 35.5. The Kier molecular flexibility index (Phi) is 7.76. The summed E-state index contributed by atoms with van der Waals surface area (Å²) >= 11 is 5.88. The third-order valence-electron chi connectivity index (χ3n) is 4.38. The van der Waals surface area contributed by atoms with Crippen molar-refractivity contribution in [2.75, 3.05) is 22.5 Å². The summed E-state index contributed by atoms with van der Waals surface area (Å²) in [5.74, 6) is -1.41. The summed E-state index contributed by atoms with van der Waals surface area (Å²) in [4.78, 5) is 31.2. The van der Waals surface area contributed by atoms with E-state index in [1.807, 2.05) is 6.92 Å². The second-order valence-electron chi connectivity index (χ2n) is 6.95. The van der Waals surface area contributed by atoms with Gasteiger partial charge < -0.3 is 16.0 Å². The molecule has 4 N–H and O–H groups in total. The van der Waals surface area contributed by atoms with Gasteiger partial charge in [0, 0.05) is 18.3 Å². The topological polar surface area (TPSA) is 215 Å². The maximum Gasteiger partial charge on any atom is 0.311 e. The summed E-state index contributed by atoms with van der Waals surface area (Å²) in [7, 11) is -4.87. The number of anilines is 5. The summed E-state index contributed by atoms with van der Waals surface area (Å²) in [5.41, 5.74) is -2.79. The van der Waals surface area contributed by atoms with Crippen molar-refractivity contribution in [1.82, 2.24) is 15.0 Å². The van der Waals surface area contributed by atoms with Crippen LogP contribution in [-0.4, -0.2) is 44.3 Å². The van der Waals surface area contributed by atoms with E-state index in [1.165, 1.54) is 6.07 Å². The van der Waals surface area contributed by atoms with Crippen molar-refractivity contribution in [1.29, 1.82) is 0 Å². The van der Waals surface area contributed by atoms with E-state index in [0.717, 1.165) is 18.6 Å². The smallest absolute Gasteiger partial charge is 0.311 e. The second-order valence-corrected chi connectivity index (χ2v) is 8.68. The van der Waals surface area contributed by atoms with E-state index in [0.29, 0.717) is 18.7 Å². The number of nitrogens with one attached hydrogen (secondary N) is 3. The monoisotopic (exact) mass is 542 g/mol. The molecule has 0 saturated carbocycles. The van der Waals surface area contributed by atoms with Gasteiger partial charge in [-0.05, 0) is 36.2 Å². The molecule has 0 amide bonds. The fourth-order valence-corrected chi connectivity index (χ4v) is 3.69. The zero-order chi connectivity index (χ0) is 26.6. The molecule has 0 spiro atoms. The maximum atomic E-state index is 14.1. The van der Waals surface area contributed by atoms with Gasteiger partial charge in [-0.1, -0.05) is 6.92 Å². The van der Waals surface area contributed by atoms with Gasteiger partial charge in [0.25, 0.3) is 15.8 Å². The van der Waals surface area contributed by atoms with E-state index in [1.54, 1.807) is 0 Å². The standard InChI is InChI=1S/C18H16ClFN8O7S/c1-2-5-21-17-24-16(19)25-18(26-17)23-11-4-3-9(6-15(11)36(33,34)35)22-12-7-10(20)13(27(29)30)8-14(12)28(31)32/h3-4,6-8,22H,2,5H2,1H3,(H,33,34,35)(H2,21,23,24,25,26). The number of rotatable bonds is 10. The minimum atomic E-state index is -4.87. The molecule has 0 radical (unpaired) electrons. The van der Waals surface area contributed by atoms with Gasteiger partial charge >= 0.3 is 5.69 Å². The lowest BCUT2D eigenvalue weighted by molar-refractivity contribution is -0.395. The maximum absolute atomic E-state index is 14.1. The van der Waals surface area contributed by atoms with Crippen molar-refractivity contribution >= 4 is 62.1 Å². The van der Waals surface area contributed by atoms with E-state index in [4.69, 9.17) is 11.6 Å². The SMILES string of the molecule is CCCNc1nc(Cl)nc(Nc2ccc(Nc3cc(F)c([N+](=O)[O-])cc3[N+](=O)[O-])cc2S(=O)(=O)O)n1. The minimum Gasteiger partial charge on any atom is -0.354 e. The van der Waals surface area contributed by atoms with Crippen molar-refractivity contribution in [3.8, 4) is 0 Å². The lowest BCUT2D eigenvalue weighted by atomic mass is 10.2. The molecule has 0 unspecified atom stereocenters. The number of hydrogen-bond donors (Lipinski definition) is 4. The number of aromatic nitrogens is 3. The van der Waals surface area contributed by atoms with Crippen molar-refractivity contribution in [2.45, 2.75) is 18.2 Å². The summed E-state index contributed by atoms with van der Waals surface area (Å²) in [6, 6.07) is 4.23. The summed E-state index contributed by atoms with van der Waals surface area (Å²) in [6.45, 7) is 2.43. The van der Waals surface area contributed by atoms with Crippen LogP contribution in [0.5, 0.6) is 0 Å². The number of nitro benzene ring substituents is 2. The number of nitrogens with zero attached hydrogens (tertiary/aromatic N) is 5. The molecule has 3 rings (SSSR count). The molecule has 0 fully saturated rings. The Labute approximate surface area is 206 Å². The minimum absolute atomic E-state index is 0.110. The Bertz CT molecular complexity index is 1460. The zero-order valence-corrected chi connectivity index (χ0v) is 19.7. The van der Waals surface area contributed by atoms with Gasteiger partial charge in [0.05, 0.1) is 21.6 Å². The molecule has 2 aromatic carbocycles. The van der Waals surface area contributed by atoms with E-state index in [9.17, 15) is 37.6 Å². The lowest BCUT2D eigenvalue weighted by Crippen LogP contribution is -2.10. The van der Waals surface area contributed by atoms with E-state index < -0.39 is 47.7 Å². The zero-order valence-electron chi connectivity index (χ0n) is 18.1. The number of hydrogen-bond acceptors (Lipinski definition) is 12. The first kappa shape index (κ1) is 26.4. The highest BCUT2D eigenvalue weighted by Crippen LogP contribution is 2.35. The first-order valence-electron chi connectivity index (χ1n) is 9.82. The fourth-order valence-electron chi connectivity index (χ4n) is 2.86. The van der Waals surface area contributed by atoms with Crippen LogP contribution in [0.3, 0.4) is 0 Å². The first-order chi connectivity index (χ1) is 16.9. The molecule has 0 bridgehead atoms. The Balaban J connectivity index is 2.01. The normalized spacial score (nSPS) is 11.1. The molecule has 1 heterocycles. The largest absolute Gasteiger partial charge is 0.354 e. The van der Waals surface area contributed by atoms with Crippen molar-refractivity contribution in [2.24, 2.45) is 0 Å². The first-order valence-corrected chi connectivity index (χ1v) is 11.6. The van der Waals surface area contributed by atoms with Gasteiger partial charge in [0.2, 0.25) is 23.0 Å². The molecule has 0 aliphatic rings. The number of nitro groups is 2. The molecule has 1 aromatic heterocycles. The van der Waals surface area contributed by atoms with Crippen LogP contribution in [0.2, 0.25) is 5.28 Å². The van der Waals surface area contributed by atoms with Gasteiger partial charge in [-0.15, -0.1) is 0 Å². The van der Waals surface area contributed by atoms with Crippen LogP contribution in [-0.2, 0) is 10.1 Å². The van der Waals surface area contributed by atoms with Crippen LogP contribution in [0.1, 0.15) is 13.3 Å². The molecule has 0 saturated heterocycles. The molecular weight excluding hydrogens is 527 g/mol. The lowest BCUT2D eigenvalue weighted by Gasteiger charge is -2.13. The van der Waals surface area contributed by atoms with E-state index in [-0.39, 0.29) is 28.6 Å². The third kappa shape index (κ3) is 6.26. The average Bonchev–Trinajstić information content (AvgIpc) is 2.77. The van der Waals surface area contributed by atoms with Crippen LogP contribution in [0.15, 0.2) is 35.2 Å². The van der Waals surface area contributed by atoms with Crippen molar-refractivity contribution in [3.05, 3.63) is 61.7 Å². The predicted molar refractivity (Wildman–Crippen MR) is 126 cm³/mol. The molecule has 18 heteroatoms. The van der Waals surface area contributed by atoms with Crippen LogP contribution >= 0.6 is 11.6 Å². The van der Waals surface area contributed by atoms with Gasteiger partial charge in [-0.25, -0.2) is 0 Å². The molecule has 3 aromatic rings. The third-order valence-corrected chi connectivity index (χ3v) is 5.45. The molecule has 0 aliphatic heterocycles. The van der Waals surface area contributed by atoms with E-state index in [2.05, 4.69) is 30.9 Å². The van der Waals surface area contributed by atoms with Crippen LogP contribution < -0.4 is 16.0 Å². The molecule has 15 nitrogen and oxygen atoms in total. The van der Waals surface area contributed by atoms with E-state index >= 15 is 0 Å². The molecule has 0 atom stereocenters. The average molecular weight is 543 g/mol. The van der Waals surface area contributed by atoms with Crippen LogP contribution in [0, 0.1) is 26.0 Å². The van der Waals surface area contributed by atoms with Gasteiger partial charge in [-0.3, -0.25) is 24.8 Å². The van der Waals surface area contributed by atoms with Crippen LogP contribution in [0.4, 0.5) is 44.7 Å². The highest BCUT2D eigenvalue weighted by Gasteiger charge is 2.26. The summed E-state index contributed by atoms with van der Waals surface area (Å²) in [6.07, 6.45) is 0.754. The molecule has 190 valence electrons. The quantitative estimate of drug-likeness (QED) is 0.162. The van der Waals surface area contributed by atoms with Gasteiger partial charge in [0.1, 0.15) is 10.6 Å². The Morgan fingerprint density at radius 3 is 2.28 bits per heavy atom. The Morgan fingerprint density at radius 2 is 1.67 bits per heavy atom. The summed E-state index contributed by atoms with van der Waals surface area (Å²) in [5, 5.41) is 29.9. The molecule has 36 heavy (non-hydrogen) atoms. The van der Waals surface area contributed by atoms with Gasteiger partial charge in [-0.2, -0.15) is 27.8 Å². The fraction of sp³-hybridized carbons (Fsp3) is 0.167. The van der Waals surface area contributed by atoms with Crippen molar-refractivity contribution < 1.29 is 27.2 Å². The molecule has 0 aliphatic carbocycles. The second kappa shape index (κ2) is 10.6. The highest BCUT2D eigenvalue weighted by molar-refractivity contribution is 7.86. The Morgan fingerprint density at radius 1 is 1.00 bits per heavy atom. The van der Waals surface area contributed by atoms with Crippen LogP contribution in [0.25, 0.3) is 0 Å². The number of halogens is 2. The predicted octanol–water partition coefficient (Wildman–Crippen LogP) is 4.04. The molecular formula is C18H16ClFN8O7S. The van der Waals surface area contributed by atoms with Crippen molar-refractivity contribution in [3.63, 3.8) is 0 Å². The van der Waals surface area contributed by atoms with Gasteiger partial charge in [0.15, 0.2) is 0 Å². The number of benzene rings is 2.